The van der Waals surface area contributed by atoms with E-state index in [4.69, 9.17) is 10.7 Å². The quantitative estimate of drug-likeness (QED) is 0.842. The molecule has 0 aliphatic rings. The molecule has 0 saturated carbocycles. The van der Waals surface area contributed by atoms with Crippen LogP contribution in [0, 0.1) is 11.6 Å². The number of benzene rings is 2. The van der Waals surface area contributed by atoms with Gasteiger partial charge in [0.2, 0.25) is 0 Å². The molecule has 10 heteroatoms. The van der Waals surface area contributed by atoms with Gasteiger partial charge in [-0.25, -0.2) is 25.6 Å². The zero-order chi connectivity index (χ0) is 16.5. The van der Waals surface area contributed by atoms with Gasteiger partial charge in [0.1, 0.15) is 11.6 Å². The zero-order valence-corrected chi connectivity index (χ0v) is 13.0. The molecule has 0 spiro atoms. The number of halogens is 3. The van der Waals surface area contributed by atoms with E-state index >= 15 is 0 Å². The summed E-state index contributed by atoms with van der Waals surface area (Å²) in [6, 6.07) is 8.16. The first-order valence-electron chi connectivity index (χ1n) is 5.63. The second kappa shape index (κ2) is 5.82. The zero-order valence-electron chi connectivity index (χ0n) is 10.6. The van der Waals surface area contributed by atoms with Gasteiger partial charge in [-0.3, -0.25) is 4.72 Å². The lowest BCUT2D eigenvalue weighted by Crippen LogP contribution is -2.13. The van der Waals surface area contributed by atoms with Gasteiger partial charge in [0, 0.05) is 10.7 Å². The molecule has 2 aromatic carbocycles. The fourth-order valence-corrected chi connectivity index (χ4v) is 3.75. The first-order chi connectivity index (χ1) is 10.1. The molecular weight excluding hydrogens is 360 g/mol. The number of rotatable bonds is 4. The second-order valence-corrected chi connectivity index (χ2v) is 8.31. The van der Waals surface area contributed by atoms with Crippen molar-refractivity contribution in [3.8, 4) is 0 Å². The Morgan fingerprint density at radius 2 is 1.41 bits per heavy atom. The smallest absolute Gasteiger partial charge is 0.267 e. The maximum absolute atomic E-state index is 13.6. The lowest BCUT2D eigenvalue weighted by molar-refractivity contribution is 0.525. The summed E-state index contributed by atoms with van der Waals surface area (Å²) >= 11 is 0. The molecule has 1 N–H and O–H groups in total. The average Bonchev–Trinajstić information content (AvgIpc) is 2.36. The van der Waals surface area contributed by atoms with E-state index in [9.17, 15) is 25.6 Å². The van der Waals surface area contributed by atoms with E-state index in [0.29, 0.717) is 12.1 Å². The van der Waals surface area contributed by atoms with E-state index in [-0.39, 0.29) is 4.90 Å². The summed E-state index contributed by atoms with van der Waals surface area (Å²) in [6.45, 7) is 0. The maximum Gasteiger partial charge on any atom is 0.267 e. The number of hydrogen-bond donors (Lipinski definition) is 1. The van der Waals surface area contributed by atoms with Crippen molar-refractivity contribution in [1.29, 1.82) is 0 Å². The molecule has 0 atom stereocenters. The summed E-state index contributed by atoms with van der Waals surface area (Å²) in [4.78, 5) is -1.46. The van der Waals surface area contributed by atoms with Crippen molar-refractivity contribution >= 4 is 35.4 Å². The molecular formula is C12H8ClF2NO4S2. The van der Waals surface area contributed by atoms with Crippen LogP contribution < -0.4 is 4.72 Å². The summed E-state index contributed by atoms with van der Waals surface area (Å²) in [7, 11) is -3.79. The highest BCUT2D eigenvalue weighted by molar-refractivity contribution is 8.13. The van der Waals surface area contributed by atoms with Gasteiger partial charge in [-0.1, -0.05) is 18.2 Å². The number of hydrogen-bond acceptors (Lipinski definition) is 4. The van der Waals surface area contributed by atoms with Gasteiger partial charge in [-0.2, -0.15) is 0 Å². The summed E-state index contributed by atoms with van der Waals surface area (Å²) < 4.78 is 75.3. The number of nitrogens with one attached hydrogen (secondary N) is 1. The van der Waals surface area contributed by atoms with E-state index < -0.39 is 41.3 Å². The Labute approximate surface area is 130 Å². The van der Waals surface area contributed by atoms with Crippen molar-refractivity contribution < 1.29 is 25.6 Å². The van der Waals surface area contributed by atoms with Crippen molar-refractivity contribution in [3.63, 3.8) is 0 Å². The topological polar surface area (TPSA) is 80.3 Å². The molecule has 0 bridgehead atoms. The Morgan fingerprint density at radius 1 is 0.909 bits per heavy atom. The Bertz CT molecular complexity index is 892. The maximum atomic E-state index is 13.6. The molecule has 0 heterocycles. The highest BCUT2D eigenvalue weighted by Gasteiger charge is 2.24. The SMILES string of the molecule is O=S(=O)(Cl)c1c(F)cc(NS(=O)(=O)c2ccccc2)cc1F. The van der Waals surface area contributed by atoms with Crippen LogP contribution in [0.3, 0.4) is 0 Å². The van der Waals surface area contributed by atoms with Crippen LogP contribution in [0.5, 0.6) is 0 Å². The highest BCUT2D eigenvalue weighted by atomic mass is 35.7. The highest BCUT2D eigenvalue weighted by Crippen LogP contribution is 2.27. The lowest BCUT2D eigenvalue weighted by atomic mass is 10.3. The Balaban J connectivity index is 2.45. The van der Waals surface area contributed by atoms with E-state index in [2.05, 4.69) is 0 Å². The molecule has 5 nitrogen and oxygen atoms in total. The molecule has 0 fully saturated rings. The van der Waals surface area contributed by atoms with Crippen LogP contribution in [0.1, 0.15) is 0 Å². The van der Waals surface area contributed by atoms with E-state index in [1.807, 2.05) is 4.72 Å². The van der Waals surface area contributed by atoms with Gasteiger partial charge in [0.15, 0.2) is 4.90 Å². The summed E-state index contributed by atoms with van der Waals surface area (Å²) in [5.74, 6) is -3.00. The summed E-state index contributed by atoms with van der Waals surface area (Å²) in [6.07, 6.45) is 0. The average molecular weight is 368 g/mol. The van der Waals surface area contributed by atoms with Crippen molar-refractivity contribution in [2.45, 2.75) is 9.79 Å². The van der Waals surface area contributed by atoms with Crippen molar-refractivity contribution in [1.82, 2.24) is 0 Å². The van der Waals surface area contributed by atoms with E-state index in [1.54, 1.807) is 6.07 Å². The molecule has 0 saturated heterocycles. The molecule has 0 aliphatic heterocycles. The van der Waals surface area contributed by atoms with E-state index in [0.717, 1.165) is 0 Å². The van der Waals surface area contributed by atoms with Crippen molar-refractivity contribution in [2.24, 2.45) is 0 Å². The van der Waals surface area contributed by atoms with Crippen molar-refractivity contribution in [2.75, 3.05) is 4.72 Å². The predicted molar refractivity (Wildman–Crippen MR) is 76.6 cm³/mol. The van der Waals surface area contributed by atoms with Crippen LogP contribution in [-0.4, -0.2) is 16.8 Å². The van der Waals surface area contributed by atoms with Crippen LogP contribution in [-0.2, 0) is 19.1 Å². The van der Waals surface area contributed by atoms with Crippen molar-refractivity contribution in [3.05, 3.63) is 54.1 Å². The second-order valence-electron chi connectivity index (χ2n) is 4.13. The van der Waals surface area contributed by atoms with Gasteiger partial charge in [0.05, 0.1) is 10.6 Å². The molecule has 0 radical (unpaired) electrons. The first kappa shape index (κ1) is 16.7. The molecule has 0 aliphatic carbocycles. The van der Waals surface area contributed by atoms with Crippen LogP contribution in [0.25, 0.3) is 0 Å². The third kappa shape index (κ3) is 3.54. The van der Waals surface area contributed by atoms with Gasteiger partial charge in [-0.15, -0.1) is 0 Å². The van der Waals surface area contributed by atoms with Crippen LogP contribution >= 0.6 is 10.7 Å². The first-order valence-corrected chi connectivity index (χ1v) is 9.42. The molecule has 0 aromatic heterocycles. The molecule has 0 amide bonds. The Morgan fingerprint density at radius 3 is 1.86 bits per heavy atom. The predicted octanol–water partition coefficient (Wildman–Crippen LogP) is 2.69. The van der Waals surface area contributed by atoms with Gasteiger partial charge in [0.25, 0.3) is 19.1 Å². The summed E-state index contributed by atoms with van der Waals surface area (Å²) in [5.41, 5.74) is -0.470. The van der Waals surface area contributed by atoms with Gasteiger partial charge >= 0.3 is 0 Å². The standard InChI is InChI=1S/C12H8ClF2NO4S2/c13-21(17,18)12-10(14)6-8(7-11(12)15)16-22(19,20)9-4-2-1-3-5-9/h1-7,16H. The van der Waals surface area contributed by atoms with Gasteiger partial charge in [-0.05, 0) is 24.3 Å². The number of sulfonamides is 1. The molecule has 0 unspecified atom stereocenters. The Hall–Kier alpha value is -1.71. The molecule has 118 valence electrons. The summed E-state index contributed by atoms with van der Waals surface area (Å²) in [5, 5.41) is 0. The largest absolute Gasteiger partial charge is 0.279 e. The third-order valence-corrected chi connectivity index (χ3v) is 5.29. The number of anilines is 1. The lowest BCUT2D eigenvalue weighted by Gasteiger charge is -2.09. The Kier molecular flexibility index (Phi) is 4.41. The van der Waals surface area contributed by atoms with E-state index in [1.165, 1.54) is 24.3 Å². The normalized spacial score (nSPS) is 12.1. The minimum atomic E-state index is -4.63. The fourth-order valence-electron chi connectivity index (χ4n) is 1.67. The minimum Gasteiger partial charge on any atom is -0.279 e. The third-order valence-electron chi connectivity index (χ3n) is 2.55. The molecule has 2 aromatic rings. The fraction of sp³-hybridized carbons (Fsp3) is 0. The molecule has 2 rings (SSSR count). The van der Waals surface area contributed by atoms with Crippen LogP contribution in [0.2, 0.25) is 0 Å². The monoisotopic (exact) mass is 367 g/mol. The van der Waals surface area contributed by atoms with Crippen LogP contribution in [0.4, 0.5) is 14.5 Å². The van der Waals surface area contributed by atoms with Crippen LogP contribution in [0.15, 0.2) is 52.3 Å². The van der Waals surface area contributed by atoms with Gasteiger partial charge < -0.3 is 0 Å². The minimum absolute atomic E-state index is 0.121. The molecule has 22 heavy (non-hydrogen) atoms.